The number of nitrogens with one attached hydrogen (secondary N) is 1. The summed E-state index contributed by atoms with van der Waals surface area (Å²) >= 11 is 9.13. The summed E-state index contributed by atoms with van der Waals surface area (Å²) in [6.07, 6.45) is 0. The van der Waals surface area contributed by atoms with Crippen molar-refractivity contribution in [2.24, 2.45) is 0 Å². The van der Waals surface area contributed by atoms with Crippen molar-refractivity contribution in [3.05, 3.63) is 57.5 Å². The van der Waals surface area contributed by atoms with Crippen LogP contribution in [0.15, 0.2) is 51.8 Å². The first kappa shape index (κ1) is 14.4. The van der Waals surface area contributed by atoms with E-state index in [1.807, 2.05) is 19.1 Å². The standard InChI is InChI=1S/C13H11BrClNO2S/c1-9-5-6-10(14)7-13(9)16-19(17,18)12-4-2-3-11(15)8-12/h2-8,16H,1H3. The second kappa shape index (κ2) is 5.53. The van der Waals surface area contributed by atoms with Gasteiger partial charge in [-0.05, 0) is 42.8 Å². The number of hydrogen-bond acceptors (Lipinski definition) is 2. The van der Waals surface area contributed by atoms with Crippen molar-refractivity contribution in [1.82, 2.24) is 0 Å². The highest BCUT2D eigenvalue weighted by Crippen LogP contribution is 2.24. The normalized spacial score (nSPS) is 11.3. The molecule has 100 valence electrons. The third-order valence-electron chi connectivity index (χ3n) is 2.55. The fraction of sp³-hybridized carbons (Fsp3) is 0.0769. The van der Waals surface area contributed by atoms with Crippen LogP contribution in [0.1, 0.15) is 5.56 Å². The number of aryl methyl sites for hydroxylation is 1. The molecule has 0 aliphatic carbocycles. The Morgan fingerprint density at radius 3 is 2.58 bits per heavy atom. The predicted molar refractivity (Wildman–Crippen MR) is 81.1 cm³/mol. The lowest BCUT2D eigenvalue weighted by Crippen LogP contribution is -2.13. The summed E-state index contributed by atoms with van der Waals surface area (Å²) in [5.41, 5.74) is 1.38. The Morgan fingerprint density at radius 1 is 1.16 bits per heavy atom. The monoisotopic (exact) mass is 359 g/mol. The van der Waals surface area contributed by atoms with Crippen LogP contribution >= 0.6 is 27.5 Å². The second-order valence-electron chi connectivity index (χ2n) is 4.02. The van der Waals surface area contributed by atoms with E-state index < -0.39 is 10.0 Å². The molecule has 0 saturated heterocycles. The summed E-state index contributed by atoms with van der Waals surface area (Å²) in [4.78, 5) is 0.138. The minimum Gasteiger partial charge on any atom is -0.279 e. The molecule has 0 fully saturated rings. The van der Waals surface area contributed by atoms with Crippen molar-refractivity contribution in [3.8, 4) is 0 Å². The number of anilines is 1. The van der Waals surface area contributed by atoms with Crippen LogP contribution in [0.3, 0.4) is 0 Å². The topological polar surface area (TPSA) is 46.2 Å². The van der Waals surface area contributed by atoms with Gasteiger partial charge in [-0.15, -0.1) is 0 Å². The number of halogens is 2. The van der Waals surface area contributed by atoms with Crippen LogP contribution in [-0.2, 0) is 10.0 Å². The van der Waals surface area contributed by atoms with E-state index in [1.165, 1.54) is 12.1 Å². The van der Waals surface area contributed by atoms with Crippen molar-refractivity contribution in [2.75, 3.05) is 4.72 Å². The van der Waals surface area contributed by atoms with Gasteiger partial charge in [0.15, 0.2) is 0 Å². The van der Waals surface area contributed by atoms with Gasteiger partial charge >= 0.3 is 0 Å². The first-order chi connectivity index (χ1) is 8.88. The minimum atomic E-state index is -3.63. The van der Waals surface area contributed by atoms with Crippen molar-refractivity contribution in [3.63, 3.8) is 0 Å². The molecule has 0 aromatic heterocycles. The highest BCUT2D eigenvalue weighted by molar-refractivity contribution is 9.10. The van der Waals surface area contributed by atoms with Crippen molar-refractivity contribution in [2.45, 2.75) is 11.8 Å². The van der Waals surface area contributed by atoms with Crippen LogP contribution in [0.2, 0.25) is 5.02 Å². The van der Waals surface area contributed by atoms with Crippen LogP contribution in [0.25, 0.3) is 0 Å². The van der Waals surface area contributed by atoms with E-state index in [0.717, 1.165) is 10.0 Å². The predicted octanol–water partition coefficient (Wildman–Crippen LogP) is 4.21. The molecule has 6 heteroatoms. The molecule has 0 unspecified atom stereocenters. The van der Waals surface area contributed by atoms with Crippen LogP contribution in [0.5, 0.6) is 0 Å². The summed E-state index contributed by atoms with van der Waals surface area (Å²) in [5.74, 6) is 0. The molecule has 0 atom stereocenters. The molecule has 0 aliphatic rings. The van der Waals surface area contributed by atoms with Gasteiger partial charge in [-0.2, -0.15) is 0 Å². The van der Waals surface area contributed by atoms with Gasteiger partial charge in [-0.25, -0.2) is 8.42 Å². The lowest BCUT2D eigenvalue weighted by Gasteiger charge is -2.11. The largest absolute Gasteiger partial charge is 0.279 e. The molecule has 0 amide bonds. The van der Waals surface area contributed by atoms with Gasteiger partial charge in [0, 0.05) is 9.50 Å². The van der Waals surface area contributed by atoms with E-state index >= 15 is 0 Å². The average Bonchev–Trinajstić information content (AvgIpc) is 2.33. The average molecular weight is 361 g/mol. The summed E-state index contributed by atoms with van der Waals surface area (Å²) in [6, 6.07) is 11.6. The Bertz CT molecular complexity index is 716. The smallest absolute Gasteiger partial charge is 0.261 e. The Hall–Kier alpha value is -1.04. The highest BCUT2D eigenvalue weighted by Gasteiger charge is 2.15. The summed E-state index contributed by atoms with van der Waals surface area (Å²) in [5, 5.41) is 0.383. The summed E-state index contributed by atoms with van der Waals surface area (Å²) < 4.78 is 27.8. The maximum Gasteiger partial charge on any atom is 0.261 e. The molecule has 0 aliphatic heterocycles. The first-order valence-corrected chi connectivity index (χ1v) is 8.08. The Morgan fingerprint density at radius 2 is 1.89 bits per heavy atom. The lowest BCUT2D eigenvalue weighted by molar-refractivity contribution is 0.601. The number of benzene rings is 2. The molecule has 2 rings (SSSR count). The molecule has 1 N–H and O–H groups in total. The number of rotatable bonds is 3. The van der Waals surface area contributed by atoms with Gasteiger partial charge in [-0.1, -0.05) is 39.7 Å². The van der Waals surface area contributed by atoms with Gasteiger partial charge < -0.3 is 0 Å². The zero-order valence-corrected chi connectivity index (χ0v) is 13.2. The van der Waals surface area contributed by atoms with Crippen molar-refractivity contribution < 1.29 is 8.42 Å². The second-order valence-corrected chi connectivity index (χ2v) is 7.06. The zero-order chi connectivity index (χ0) is 14.0. The molecule has 19 heavy (non-hydrogen) atoms. The van der Waals surface area contributed by atoms with Gasteiger partial charge in [0.05, 0.1) is 10.6 Å². The molecule has 2 aromatic carbocycles. The molecule has 0 heterocycles. The van der Waals surface area contributed by atoms with Gasteiger partial charge in [0.2, 0.25) is 0 Å². The van der Waals surface area contributed by atoms with Crippen LogP contribution in [0.4, 0.5) is 5.69 Å². The quantitative estimate of drug-likeness (QED) is 0.891. The Labute approximate surface area is 125 Å². The van der Waals surface area contributed by atoms with Gasteiger partial charge in [0.1, 0.15) is 0 Å². The van der Waals surface area contributed by atoms with E-state index in [-0.39, 0.29) is 4.90 Å². The molecule has 2 aromatic rings. The first-order valence-electron chi connectivity index (χ1n) is 5.43. The Balaban J connectivity index is 2.39. The molecule has 0 saturated carbocycles. The SMILES string of the molecule is Cc1ccc(Br)cc1NS(=O)(=O)c1cccc(Cl)c1. The lowest BCUT2D eigenvalue weighted by atomic mass is 10.2. The van der Waals surface area contributed by atoms with Crippen LogP contribution < -0.4 is 4.72 Å². The summed E-state index contributed by atoms with van der Waals surface area (Å²) in [7, 11) is -3.63. The van der Waals surface area contributed by atoms with Crippen molar-refractivity contribution >= 4 is 43.2 Å². The third-order valence-corrected chi connectivity index (χ3v) is 4.64. The van der Waals surface area contributed by atoms with Crippen molar-refractivity contribution in [1.29, 1.82) is 0 Å². The van der Waals surface area contributed by atoms with Crippen LogP contribution in [0, 0.1) is 6.92 Å². The zero-order valence-electron chi connectivity index (χ0n) is 10.0. The van der Waals surface area contributed by atoms with E-state index in [0.29, 0.717) is 10.7 Å². The van der Waals surface area contributed by atoms with Gasteiger partial charge in [-0.3, -0.25) is 4.72 Å². The van der Waals surface area contributed by atoms with E-state index in [9.17, 15) is 8.42 Å². The molecule has 0 spiro atoms. The van der Waals surface area contributed by atoms with E-state index in [4.69, 9.17) is 11.6 Å². The molecular weight excluding hydrogens is 350 g/mol. The number of sulfonamides is 1. The van der Waals surface area contributed by atoms with E-state index in [2.05, 4.69) is 20.7 Å². The number of hydrogen-bond donors (Lipinski definition) is 1. The third kappa shape index (κ3) is 3.49. The molecule has 0 bridgehead atoms. The summed E-state index contributed by atoms with van der Waals surface area (Å²) in [6.45, 7) is 1.84. The maximum atomic E-state index is 12.2. The maximum absolute atomic E-state index is 12.2. The van der Waals surface area contributed by atoms with Crippen LogP contribution in [-0.4, -0.2) is 8.42 Å². The molecular formula is C13H11BrClNO2S. The fourth-order valence-corrected chi connectivity index (χ4v) is 3.33. The molecule has 3 nitrogen and oxygen atoms in total. The highest BCUT2D eigenvalue weighted by atomic mass is 79.9. The van der Waals surface area contributed by atoms with E-state index in [1.54, 1.807) is 18.2 Å². The Kier molecular flexibility index (Phi) is 4.18. The fourth-order valence-electron chi connectivity index (χ4n) is 1.54. The minimum absolute atomic E-state index is 0.138. The van der Waals surface area contributed by atoms with Gasteiger partial charge in [0.25, 0.3) is 10.0 Å². The molecule has 0 radical (unpaired) electrons.